The van der Waals surface area contributed by atoms with Crippen molar-refractivity contribution in [2.45, 2.75) is 61.9 Å². The third kappa shape index (κ3) is 4.57. The lowest BCUT2D eigenvalue weighted by molar-refractivity contribution is -0.127. The molecule has 2 fully saturated rings. The number of amides is 1. The quantitative estimate of drug-likeness (QED) is 0.790. The predicted octanol–water partition coefficient (Wildman–Crippen LogP) is 2.17. The number of carbonyl (C=O) groups excluding carboxylic acids is 1. The van der Waals surface area contributed by atoms with Gasteiger partial charge >= 0.3 is 0 Å². The Kier molecular flexibility index (Phi) is 7.07. The maximum atomic E-state index is 12.5. The smallest absolute Gasteiger partial charge is 0.243 e. The third-order valence-electron chi connectivity index (χ3n) is 5.28. The minimum Gasteiger partial charge on any atom is -0.350 e. The van der Waals surface area contributed by atoms with Crippen LogP contribution in [-0.4, -0.2) is 37.3 Å². The molecule has 0 bridgehead atoms. The number of nitrogens with two attached hydrogens (primary N) is 1. The summed E-state index contributed by atoms with van der Waals surface area (Å²) in [4.78, 5) is 12.7. The number of sulfonamides is 1. The van der Waals surface area contributed by atoms with Gasteiger partial charge in [0, 0.05) is 19.6 Å². The highest BCUT2D eigenvalue weighted by atomic mass is 35.5. The largest absolute Gasteiger partial charge is 0.350 e. The predicted molar refractivity (Wildman–Crippen MR) is 104 cm³/mol. The van der Waals surface area contributed by atoms with Gasteiger partial charge in [0.05, 0.1) is 10.4 Å². The molecule has 146 valence electrons. The zero-order valence-corrected chi connectivity index (χ0v) is 16.6. The summed E-state index contributed by atoms with van der Waals surface area (Å²) in [7, 11) is -3.39. The first kappa shape index (κ1) is 21.2. The van der Waals surface area contributed by atoms with Crippen molar-refractivity contribution >= 4 is 28.3 Å². The van der Waals surface area contributed by atoms with Gasteiger partial charge in [-0.25, -0.2) is 8.42 Å². The van der Waals surface area contributed by atoms with E-state index in [4.69, 9.17) is 5.73 Å². The van der Waals surface area contributed by atoms with Gasteiger partial charge in [0.2, 0.25) is 15.9 Å². The van der Waals surface area contributed by atoms with Crippen LogP contribution in [0.5, 0.6) is 0 Å². The number of rotatable bonds is 5. The Morgan fingerprint density at radius 3 is 2.19 bits per heavy atom. The molecule has 0 radical (unpaired) electrons. The Labute approximate surface area is 162 Å². The molecule has 1 amide bonds. The lowest BCUT2D eigenvalue weighted by Crippen LogP contribution is -2.54. The van der Waals surface area contributed by atoms with Gasteiger partial charge in [0.25, 0.3) is 0 Å². The number of hydrogen-bond acceptors (Lipinski definition) is 4. The molecule has 1 aromatic carbocycles. The molecule has 2 aliphatic rings. The molecule has 1 saturated heterocycles. The van der Waals surface area contributed by atoms with E-state index in [-0.39, 0.29) is 18.3 Å². The molecule has 1 aliphatic heterocycles. The maximum absolute atomic E-state index is 12.5. The SMILES string of the molecule is Cl.NC1(C(=O)NCc2ccc(S(=O)(=O)N3CCCC3)cc2)CCCCC1. The van der Waals surface area contributed by atoms with Crippen molar-refractivity contribution in [1.82, 2.24) is 9.62 Å². The summed E-state index contributed by atoms with van der Waals surface area (Å²) in [5.41, 5.74) is 6.34. The van der Waals surface area contributed by atoms with Gasteiger partial charge in [-0.1, -0.05) is 31.4 Å². The highest BCUT2D eigenvalue weighted by Gasteiger charge is 2.35. The van der Waals surface area contributed by atoms with Crippen molar-refractivity contribution in [2.24, 2.45) is 5.73 Å². The summed E-state index contributed by atoms with van der Waals surface area (Å²) in [5.74, 6) is -0.110. The Balaban J connectivity index is 0.00000243. The van der Waals surface area contributed by atoms with Crippen molar-refractivity contribution in [1.29, 1.82) is 0 Å². The average molecular weight is 402 g/mol. The molecule has 0 spiro atoms. The molecule has 1 heterocycles. The Morgan fingerprint density at radius 2 is 1.62 bits per heavy atom. The van der Waals surface area contributed by atoms with Crippen LogP contribution in [0.4, 0.5) is 0 Å². The number of hydrogen-bond donors (Lipinski definition) is 2. The molecule has 1 aromatic rings. The standard InChI is InChI=1S/C18H27N3O3S.ClH/c19-18(10-2-1-3-11-18)17(22)20-14-15-6-8-16(9-7-15)25(23,24)21-12-4-5-13-21;/h6-9H,1-5,10-14,19H2,(H,20,22);1H. The van der Waals surface area contributed by atoms with Crippen LogP contribution in [0.3, 0.4) is 0 Å². The number of benzene rings is 1. The zero-order valence-electron chi connectivity index (χ0n) is 14.9. The van der Waals surface area contributed by atoms with Gasteiger partial charge in [-0.2, -0.15) is 4.31 Å². The van der Waals surface area contributed by atoms with E-state index in [2.05, 4.69) is 5.32 Å². The molecular formula is C18H28ClN3O3S. The van der Waals surface area contributed by atoms with Crippen LogP contribution in [0.2, 0.25) is 0 Å². The molecule has 3 N–H and O–H groups in total. The van der Waals surface area contributed by atoms with Crippen molar-refractivity contribution in [2.75, 3.05) is 13.1 Å². The van der Waals surface area contributed by atoms with Crippen LogP contribution in [0.25, 0.3) is 0 Å². The van der Waals surface area contributed by atoms with Crippen molar-refractivity contribution in [3.8, 4) is 0 Å². The number of carbonyl (C=O) groups is 1. The second-order valence-corrected chi connectivity index (χ2v) is 9.09. The molecule has 6 nitrogen and oxygen atoms in total. The van der Waals surface area contributed by atoms with E-state index in [0.29, 0.717) is 24.5 Å². The minimum absolute atomic E-state index is 0. The summed E-state index contributed by atoms with van der Waals surface area (Å²) < 4.78 is 26.5. The molecule has 26 heavy (non-hydrogen) atoms. The number of nitrogens with one attached hydrogen (secondary N) is 1. The molecule has 0 unspecified atom stereocenters. The maximum Gasteiger partial charge on any atom is 0.243 e. The van der Waals surface area contributed by atoms with Crippen LogP contribution < -0.4 is 11.1 Å². The monoisotopic (exact) mass is 401 g/mol. The minimum atomic E-state index is -3.39. The van der Waals surface area contributed by atoms with Crippen molar-refractivity contribution < 1.29 is 13.2 Å². The molecule has 3 rings (SSSR count). The van der Waals surface area contributed by atoms with Crippen LogP contribution in [0, 0.1) is 0 Å². The van der Waals surface area contributed by atoms with E-state index >= 15 is 0 Å². The van der Waals surface area contributed by atoms with E-state index in [1.165, 1.54) is 4.31 Å². The van der Waals surface area contributed by atoms with Gasteiger partial charge in [-0.05, 0) is 43.4 Å². The van der Waals surface area contributed by atoms with E-state index < -0.39 is 15.6 Å². The van der Waals surface area contributed by atoms with E-state index in [0.717, 1.165) is 50.5 Å². The van der Waals surface area contributed by atoms with Gasteiger partial charge < -0.3 is 11.1 Å². The highest BCUT2D eigenvalue weighted by molar-refractivity contribution is 7.89. The molecule has 8 heteroatoms. The van der Waals surface area contributed by atoms with E-state index in [1.807, 2.05) is 0 Å². The fraction of sp³-hybridized carbons (Fsp3) is 0.611. The second kappa shape index (κ2) is 8.69. The molecule has 0 aromatic heterocycles. The van der Waals surface area contributed by atoms with E-state index in [9.17, 15) is 13.2 Å². The second-order valence-electron chi connectivity index (χ2n) is 7.15. The normalized spacial score (nSPS) is 20.3. The summed E-state index contributed by atoms with van der Waals surface area (Å²) in [5, 5.41) is 2.90. The lowest BCUT2D eigenvalue weighted by atomic mass is 9.82. The first-order chi connectivity index (χ1) is 11.9. The fourth-order valence-electron chi connectivity index (χ4n) is 3.62. The first-order valence-electron chi connectivity index (χ1n) is 9.08. The van der Waals surface area contributed by atoms with Gasteiger partial charge in [-0.15, -0.1) is 12.4 Å². The summed E-state index contributed by atoms with van der Waals surface area (Å²) in [6.45, 7) is 1.55. The van der Waals surface area contributed by atoms with Gasteiger partial charge in [0.15, 0.2) is 0 Å². The summed E-state index contributed by atoms with van der Waals surface area (Å²) in [6, 6.07) is 6.75. The number of nitrogens with zero attached hydrogens (tertiary/aromatic N) is 1. The highest BCUT2D eigenvalue weighted by Crippen LogP contribution is 2.26. The lowest BCUT2D eigenvalue weighted by Gasteiger charge is -2.31. The molecule has 1 aliphatic carbocycles. The van der Waals surface area contributed by atoms with Crippen LogP contribution >= 0.6 is 12.4 Å². The van der Waals surface area contributed by atoms with E-state index in [1.54, 1.807) is 24.3 Å². The molecular weight excluding hydrogens is 374 g/mol. The molecule has 1 saturated carbocycles. The van der Waals surface area contributed by atoms with Crippen molar-refractivity contribution in [3.63, 3.8) is 0 Å². The van der Waals surface area contributed by atoms with Crippen LogP contribution in [-0.2, 0) is 21.4 Å². The summed E-state index contributed by atoms with van der Waals surface area (Å²) >= 11 is 0. The van der Waals surface area contributed by atoms with Crippen molar-refractivity contribution in [3.05, 3.63) is 29.8 Å². The molecule has 0 atom stereocenters. The Bertz CT molecular complexity index is 710. The van der Waals surface area contributed by atoms with Crippen LogP contribution in [0.15, 0.2) is 29.2 Å². The zero-order chi connectivity index (χ0) is 17.9. The topological polar surface area (TPSA) is 92.5 Å². The fourth-order valence-corrected chi connectivity index (χ4v) is 5.14. The average Bonchev–Trinajstić information content (AvgIpc) is 3.16. The number of halogens is 1. The Hall–Kier alpha value is -1.15. The van der Waals surface area contributed by atoms with Gasteiger partial charge in [0.1, 0.15) is 0 Å². The summed E-state index contributed by atoms with van der Waals surface area (Å²) in [6.07, 6.45) is 6.42. The van der Waals surface area contributed by atoms with Crippen LogP contribution in [0.1, 0.15) is 50.5 Å². The first-order valence-corrected chi connectivity index (χ1v) is 10.5. The Morgan fingerprint density at radius 1 is 1.04 bits per heavy atom. The van der Waals surface area contributed by atoms with Gasteiger partial charge in [-0.3, -0.25) is 4.79 Å². The third-order valence-corrected chi connectivity index (χ3v) is 7.19.